The molecule has 2 aromatic heterocycles. The molecular formula is C14H9FN6O. The Morgan fingerprint density at radius 3 is 3.05 bits per heavy atom. The standard InChI is InChI=1S/C14H9FN6O/c15-9-3-1-2-8(4-9)12-10(6-19-21-12)14(22)20-13-11(5-16)17-7-18-13/h1-4,6-7H,(H,17,18)(H,19,21)(H,20,22). The molecule has 0 aliphatic rings. The van der Waals surface area contributed by atoms with Gasteiger partial charge in [-0.3, -0.25) is 9.89 Å². The highest BCUT2D eigenvalue weighted by Gasteiger charge is 2.18. The van der Waals surface area contributed by atoms with Crippen LogP contribution in [0.15, 0.2) is 36.8 Å². The summed E-state index contributed by atoms with van der Waals surface area (Å²) in [5, 5.41) is 17.9. The van der Waals surface area contributed by atoms with E-state index in [2.05, 4.69) is 25.5 Å². The molecule has 0 aliphatic heterocycles. The Hall–Kier alpha value is -3.47. The van der Waals surface area contributed by atoms with Crippen molar-refractivity contribution in [2.45, 2.75) is 0 Å². The van der Waals surface area contributed by atoms with Crippen molar-refractivity contribution < 1.29 is 9.18 Å². The van der Waals surface area contributed by atoms with E-state index in [9.17, 15) is 9.18 Å². The summed E-state index contributed by atoms with van der Waals surface area (Å²) in [6.07, 6.45) is 2.63. The van der Waals surface area contributed by atoms with Gasteiger partial charge in [-0.05, 0) is 12.1 Å². The third-order valence-corrected chi connectivity index (χ3v) is 2.98. The van der Waals surface area contributed by atoms with Crippen molar-refractivity contribution in [2.75, 3.05) is 5.32 Å². The largest absolute Gasteiger partial charge is 0.335 e. The molecule has 22 heavy (non-hydrogen) atoms. The maximum atomic E-state index is 13.3. The molecule has 2 heterocycles. The van der Waals surface area contributed by atoms with Crippen molar-refractivity contribution in [3.63, 3.8) is 0 Å². The fourth-order valence-electron chi connectivity index (χ4n) is 1.97. The number of amides is 1. The number of aromatic amines is 2. The summed E-state index contributed by atoms with van der Waals surface area (Å²) in [5.41, 5.74) is 1.23. The average molecular weight is 296 g/mol. The molecule has 0 bridgehead atoms. The van der Waals surface area contributed by atoms with E-state index in [-0.39, 0.29) is 17.1 Å². The second kappa shape index (κ2) is 5.49. The molecular weight excluding hydrogens is 287 g/mol. The van der Waals surface area contributed by atoms with Crippen LogP contribution in [0.2, 0.25) is 0 Å². The minimum absolute atomic E-state index is 0.124. The number of halogens is 1. The molecule has 0 fully saturated rings. The van der Waals surface area contributed by atoms with Crippen molar-refractivity contribution in [1.29, 1.82) is 5.26 Å². The lowest BCUT2D eigenvalue weighted by Crippen LogP contribution is -2.13. The summed E-state index contributed by atoms with van der Waals surface area (Å²) < 4.78 is 13.3. The number of hydrogen-bond donors (Lipinski definition) is 3. The quantitative estimate of drug-likeness (QED) is 0.687. The highest BCUT2D eigenvalue weighted by molar-refractivity contribution is 6.07. The molecule has 3 N–H and O–H groups in total. The number of rotatable bonds is 3. The predicted molar refractivity (Wildman–Crippen MR) is 75.2 cm³/mol. The van der Waals surface area contributed by atoms with E-state index in [0.29, 0.717) is 11.3 Å². The monoisotopic (exact) mass is 296 g/mol. The lowest BCUT2D eigenvalue weighted by molar-refractivity contribution is 0.102. The molecule has 1 amide bonds. The Bertz CT molecular complexity index is 875. The van der Waals surface area contributed by atoms with Gasteiger partial charge in [-0.2, -0.15) is 10.4 Å². The number of carbonyl (C=O) groups excluding carboxylic acids is 1. The van der Waals surface area contributed by atoms with E-state index in [1.165, 1.54) is 30.7 Å². The number of imidazole rings is 1. The number of benzene rings is 1. The van der Waals surface area contributed by atoms with Gasteiger partial charge in [-0.1, -0.05) is 12.1 Å². The van der Waals surface area contributed by atoms with Crippen molar-refractivity contribution in [2.24, 2.45) is 0 Å². The van der Waals surface area contributed by atoms with Crippen LogP contribution in [0, 0.1) is 17.1 Å². The molecule has 0 radical (unpaired) electrons. The van der Waals surface area contributed by atoms with Gasteiger partial charge in [0.25, 0.3) is 5.91 Å². The smallest absolute Gasteiger partial charge is 0.260 e. The Kier molecular flexibility index (Phi) is 3.37. The van der Waals surface area contributed by atoms with Crippen molar-refractivity contribution >= 4 is 11.7 Å². The van der Waals surface area contributed by atoms with E-state index in [0.717, 1.165) is 0 Å². The third-order valence-electron chi connectivity index (χ3n) is 2.98. The molecule has 0 saturated carbocycles. The first-order valence-corrected chi connectivity index (χ1v) is 6.23. The molecule has 108 valence electrons. The van der Waals surface area contributed by atoms with E-state index in [1.54, 1.807) is 6.07 Å². The van der Waals surface area contributed by atoms with E-state index < -0.39 is 11.7 Å². The zero-order chi connectivity index (χ0) is 15.5. The summed E-state index contributed by atoms with van der Waals surface area (Å²) >= 11 is 0. The number of aromatic nitrogens is 4. The molecule has 1 aromatic carbocycles. The topological polar surface area (TPSA) is 110 Å². The Morgan fingerprint density at radius 1 is 1.41 bits per heavy atom. The van der Waals surface area contributed by atoms with Gasteiger partial charge in [-0.25, -0.2) is 9.37 Å². The molecule has 0 aliphatic carbocycles. The van der Waals surface area contributed by atoms with Crippen LogP contribution in [-0.4, -0.2) is 26.1 Å². The number of carbonyl (C=O) groups is 1. The Morgan fingerprint density at radius 2 is 2.27 bits per heavy atom. The van der Waals surface area contributed by atoms with Crippen LogP contribution < -0.4 is 5.32 Å². The van der Waals surface area contributed by atoms with Gasteiger partial charge in [0.15, 0.2) is 11.5 Å². The zero-order valence-corrected chi connectivity index (χ0v) is 11.1. The Balaban J connectivity index is 1.92. The maximum absolute atomic E-state index is 13.3. The van der Waals surface area contributed by atoms with E-state index in [1.807, 2.05) is 6.07 Å². The number of nitrogens with one attached hydrogen (secondary N) is 3. The van der Waals surface area contributed by atoms with Crippen LogP contribution in [0.25, 0.3) is 11.3 Å². The van der Waals surface area contributed by atoms with Gasteiger partial charge in [0, 0.05) is 5.56 Å². The average Bonchev–Trinajstić information content (AvgIpc) is 3.15. The third kappa shape index (κ3) is 2.43. The van der Waals surface area contributed by atoms with E-state index in [4.69, 9.17) is 5.26 Å². The molecule has 7 nitrogen and oxygen atoms in total. The molecule has 0 atom stereocenters. The van der Waals surface area contributed by atoms with Crippen molar-refractivity contribution in [3.05, 3.63) is 53.9 Å². The summed E-state index contributed by atoms with van der Waals surface area (Å²) in [7, 11) is 0. The highest BCUT2D eigenvalue weighted by atomic mass is 19.1. The minimum atomic E-state index is -0.503. The van der Waals surface area contributed by atoms with Gasteiger partial charge < -0.3 is 10.3 Å². The highest BCUT2D eigenvalue weighted by Crippen LogP contribution is 2.22. The maximum Gasteiger partial charge on any atom is 0.260 e. The lowest BCUT2D eigenvalue weighted by Gasteiger charge is -2.04. The Labute approximate surface area is 123 Å². The summed E-state index contributed by atoms with van der Waals surface area (Å²) in [6.45, 7) is 0. The molecule has 0 saturated heterocycles. The number of nitriles is 1. The minimum Gasteiger partial charge on any atom is -0.335 e. The lowest BCUT2D eigenvalue weighted by atomic mass is 10.1. The summed E-state index contributed by atoms with van der Waals surface area (Å²) in [4.78, 5) is 18.7. The van der Waals surface area contributed by atoms with Gasteiger partial charge in [0.2, 0.25) is 0 Å². The molecule has 0 unspecified atom stereocenters. The summed E-state index contributed by atoms with van der Waals surface area (Å²) in [5.74, 6) is -0.798. The fourth-order valence-corrected chi connectivity index (χ4v) is 1.97. The van der Waals surface area contributed by atoms with Gasteiger partial charge in [0.05, 0.1) is 23.8 Å². The van der Waals surface area contributed by atoms with Gasteiger partial charge >= 0.3 is 0 Å². The van der Waals surface area contributed by atoms with Gasteiger partial charge in [-0.15, -0.1) is 0 Å². The molecule has 3 rings (SSSR count). The number of hydrogen-bond acceptors (Lipinski definition) is 4. The SMILES string of the molecule is N#Cc1[nH]cnc1NC(=O)c1cn[nH]c1-c1cccc(F)c1. The second-order valence-corrected chi connectivity index (χ2v) is 4.36. The first-order valence-electron chi connectivity index (χ1n) is 6.23. The first kappa shape index (κ1) is 13.5. The van der Waals surface area contributed by atoms with Crippen molar-refractivity contribution in [3.8, 4) is 17.3 Å². The van der Waals surface area contributed by atoms with Crippen LogP contribution in [0.3, 0.4) is 0 Å². The van der Waals surface area contributed by atoms with Crippen LogP contribution in [0.1, 0.15) is 16.1 Å². The zero-order valence-electron chi connectivity index (χ0n) is 11.1. The van der Waals surface area contributed by atoms with Crippen LogP contribution in [-0.2, 0) is 0 Å². The fraction of sp³-hybridized carbons (Fsp3) is 0. The molecule has 8 heteroatoms. The first-order chi connectivity index (χ1) is 10.7. The number of anilines is 1. The van der Waals surface area contributed by atoms with Gasteiger partial charge in [0.1, 0.15) is 11.9 Å². The second-order valence-electron chi connectivity index (χ2n) is 4.36. The normalized spacial score (nSPS) is 10.2. The molecule has 0 spiro atoms. The predicted octanol–water partition coefficient (Wildman–Crippen LogP) is 2.06. The number of H-pyrrole nitrogens is 2. The summed E-state index contributed by atoms with van der Waals surface area (Å²) in [6, 6.07) is 7.67. The number of nitrogens with zero attached hydrogens (tertiary/aromatic N) is 3. The van der Waals surface area contributed by atoms with Crippen LogP contribution >= 0.6 is 0 Å². The van der Waals surface area contributed by atoms with Crippen LogP contribution in [0.5, 0.6) is 0 Å². The van der Waals surface area contributed by atoms with Crippen molar-refractivity contribution in [1.82, 2.24) is 20.2 Å². The van der Waals surface area contributed by atoms with Crippen LogP contribution in [0.4, 0.5) is 10.2 Å². The van der Waals surface area contributed by atoms with E-state index >= 15 is 0 Å². The molecule has 3 aromatic rings.